The molecule has 2 aliphatic carbocycles. The Hall–Kier alpha value is -5.81. The molecule has 21 heteroatoms. The van der Waals surface area contributed by atoms with Crippen LogP contribution in [0.3, 0.4) is 0 Å². The first-order chi connectivity index (χ1) is 27.5. The summed E-state index contributed by atoms with van der Waals surface area (Å²) in [4.78, 5) is 31.6. The van der Waals surface area contributed by atoms with Gasteiger partial charge in [-0.1, -0.05) is 30.2 Å². The first-order valence-electron chi connectivity index (χ1n) is 17.4. The van der Waals surface area contributed by atoms with E-state index >= 15 is 0 Å². The van der Waals surface area contributed by atoms with Crippen molar-refractivity contribution in [2.24, 2.45) is 5.92 Å². The van der Waals surface area contributed by atoms with Crippen molar-refractivity contribution in [3.05, 3.63) is 105 Å². The first-order valence-corrected chi connectivity index (χ1v) is 19.6. The Morgan fingerprint density at radius 3 is 2.32 bits per heavy atom. The van der Waals surface area contributed by atoms with Gasteiger partial charge in [0, 0.05) is 28.7 Å². The molecule has 59 heavy (non-hydrogen) atoms. The average molecular weight is 866 g/mol. The van der Waals surface area contributed by atoms with Crippen LogP contribution < -0.4 is 10.0 Å². The number of pyridine rings is 1. The number of allylic oxidation sites excluding steroid dienone is 1. The summed E-state index contributed by atoms with van der Waals surface area (Å²) in [6.45, 7) is 2.64. The van der Waals surface area contributed by atoms with Crippen molar-refractivity contribution in [1.82, 2.24) is 29.9 Å². The van der Waals surface area contributed by atoms with Crippen LogP contribution in [0.15, 0.2) is 54.6 Å². The summed E-state index contributed by atoms with van der Waals surface area (Å²) in [6, 6.07) is 6.27. The number of carbonyl (C=O) groups is 2. The fourth-order valence-corrected chi connectivity index (χ4v) is 7.92. The molecule has 3 aromatic heterocycles. The molecule has 5 aromatic rings. The number of anilines is 1. The molecule has 2 aliphatic rings. The number of sulfonamides is 1. The van der Waals surface area contributed by atoms with Gasteiger partial charge in [0.1, 0.15) is 36.1 Å². The fraction of sp³-hybridized carbons (Fsp3) is 0.289. The minimum Gasteiger partial charge on any atom is -0.346 e. The van der Waals surface area contributed by atoms with Gasteiger partial charge in [0.2, 0.25) is 15.9 Å². The summed E-state index contributed by atoms with van der Waals surface area (Å²) in [5.74, 6) is -0.0848. The van der Waals surface area contributed by atoms with Crippen molar-refractivity contribution >= 4 is 50.0 Å². The van der Waals surface area contributed by atoms with Crippen LogP contribution in [-0.2, 0) is 40.5 Å². The van der Waals surface area contributed by atoms with E-state index in [0.717, 1.165) is 18.4 Å². The van der Waals surface area contributed by atoms with Crippen molar-refractivity contribution in [3.8, 4) is 23.0 Å². The predicted octanol–water partition coefficient (Wildman–Crippen LogP) is 7.51. The molecule has 2 aromatic carbocycles. The molecule has 0 spiro atoms. The number of hydrogen-bond donors (Lipinski definition) is 2. The zero-order valence-electron chi connectivity index (χ0n) is 30.5. The largest absolute Gasteiger partial charge is 0.435 e. The van der Waals surface area contributed by atoms with Crippen LogP contribution in [0.1, 0.15) is 64.0 Å². The lowest BCUT2D eigenvalue weighted by Crippen LogP contribution is -2.34. The Kier molecular flexibility index (Phi) is 10.4. The molecule has 7 rings (SSSR count). The number of Topliss-reactive ketones (excluding diaryl/α,β-unsaturated/α-hetero) is 1. The number of aromatic nitrogens is 5. The Labute approximate surface area is 334 Å². The number of halogens is 9. The number of rotatable bonds is 10. The quantitative estimate of drug-likeness (QED) is 0.109. The molecule has 1 fully saturated rings. The lowest BCUT2D eigenvalue weighted by Gasteiger charge is -2.23. The van der Waals surface area contributed by atoms with Crippen molar-refractivity contribution in [1.29, 1.82) is 0 Å². The highest BCUT2D eigenvalue weighted by atomic mass is 35.5. The maximum absolute atomic E-state index is 14.6. The highest BCUT2D eigenvalue weighted by Gasteiger charge is 2.58. The molecular formula is C38H28ClF8N7O4S. The molecule has 11 nitrogen and oxygen atoms in total. The molecule has 2 N–H and O–H groups in total. The molecule has 0 bridgehead atoms. The lowest BCUT2D eigenvalue weighted by molar-refractivity contribution is -0.142. The second kappa shape index (κ2) is 14.8. The third-order valence-electron chi connectivity index (χ3n) is 9.38. The second-order valence-corrected chi connectivity index (χ2v) is 16.3. The number of benzene rings is 2. The number of fused-ring (bicyclic) bond motifs is 4. The summed E-state index contributed by atoms with van der Waals surface area (Å²) in [6.07, 6.45) is -9.36. The number of amides is 1. The van der Waals surface area contributed by atoms with Crippen LogP contribution in [-0.4, -0.2) is 57.1 Å². The Balaban J connectivity index is 1.42. The lowest BCUT2D eigenvalue weighted by atomic mass is 9.93. The van der Waals surface area contributed by atoms with Gasteiger partial charge >= 0.3 is 12.4 Å². The van der Waals surface area contributed by atoms with Crippen LogP contribution in [0.4, 0.5) is 40.9 Å². The molecular weight excluding hydrogens is 838 g/mol. The van der Waals surface area contributed by atoms with Gasteiger partial charge < -0.3 is 5.32 Å². The van der Waals surface area contributed by atoms with E-state index in [9.17, 15) is 53.1 Å². The van der Waals surface area contributed by atoms with Gasteiger partial charge in [-0.3, -0.25) is 23.7 Å². The van der Waals surface area contributed by atoms with Crippen molar-refractivity contribution in [2.75, 3.05) is 11.0 Å². The third-order valence-corrected chi connectivity index (χ3v) is 10.3. The van der Waals surface area contributed by atoms with E-state index in [1.165, 1.54) is 24.3 Å². The summed E-state index contributed by atoms with van der Waals surface area (Å²) >= 11 is 6.47. The molecule has 0 saturated heterocycles. The first kappa shape index (κ1) is 41.4. The van der Waals surface area contributed by atoms with Crippen LogP contribution in [0, 0.1) is 29.4 Å². The van der Waals surface area contributed by atoms with Gasteiger partial charge in [-0.25, -0.2) is 22.2 Å². The molecule has 3 heterocycles. The molecule has 0 radical (unpaired) electrons. The molecule has 0 unspecified atom stereocenters. The monoisotopic (exact) mass is 865 g/mol. The standard InChI is InChI=1S/C38H28ClF8N7O4S/c1-17(2)4-5-21-6-7-22(23-8-9-26(39)30-32(23)54(16-37(42,43)44)51-36(30)52-59(3,57)58)31(48-21)27(12-18-10-19(40)13-20(41)11-18)49-28(55)15-53-33-29(24-14-25(24)34(33)56)35(50-53)38(45,46)47/h6-11,13,24-25,27H,1,12,14-16H2,2-3H3,(H,49,55)(H,51,52)/t24-,25+,27-/m0/s1. The van der Waals surface area contributed by atoms with Gasteiger partial charge in [-0.2, -0.15) is 36.5 Å². The van der Waals surface area contributed by atoms with Gasteiger partial charge in [0.05, 0.1) is 33.9 Å². The number of carbonyl (C=O) groups excluding carboxylic acids is 2. The number of nitrogens with zero attached hydrogens (tertiary/aromatic N) is 5. The van der Waals surface area contributed by atoms with E-state index in [1.54, 1.807) is 6.92 Å². The van der Waals surface area contributed by atoms with Crippen molar-refractivity contribution in [2.45, 2.75) is 57.2 Å². The number of hydrogen-bond acceptors (Lipinski definition) is 7. The molecule has 0 aliphatic heterocycles. The van der Waals surface area contributed by atoms with Crippen LogP contribution >= 0.6 is 11.6 Å². The van der Waals surface area contributed by atoms with Gasteiger partial charge in [-0.05, 0) is 73.1 Å². The van der Waals surface area contributed by atoms with E-state index in [4.69, 9.17) is 11.6 Å². The molecule has 308 valence electrons. The Morgan fingerprint density at radius 1 is 1.02 bits per heavy atom. The summed E-state index contributed by atoms with van der Waals surface area (Å²) < 4.78 is 141. The maximum Gasteiger partial charge on any atom is 0.435 e. The van der Waals surface area contributed by atoms with Crippen molar-refractivity contribution < 1.29 is 53.1 Å². The molecule has 1 saturated carbocycles. The van der Waals surface area contributed by atoms with Crippen molar-refractivity contribution in [3.63, 3.8) is 0 Å². The highest BCUT2D eigenvalue weighted by molar-refractivity contribution is 7.92. The predicted molar refractivity (Wildman–Crippen MR) is 198 cm³/mol. The Bertz CT molecular complexity index is 2770. The molecule has 1 amide bonds. The van der Waals surface area contributed by atoms with Crippen LogP contribution in [0.2, 0.25) is 5.02 Å². The SMILES string of the molecule is C=C(C)C#Cc1ccc(-c2ccc(Cl)c3c(NS(C)(=O)=O)nn(CC(F)(F)F)c23)c([C@H](Cc2cc(F)cc(F)c2)NC(=O)Cn2nc(C(F)(F)F)c3c2C(=O)[C@@H]2C[C@H]32)n1. The smallest absolute Gasteiger partial charge is 0.346 e. The number of nitrogens with one attached hydrogen (secondary N) is 2. The fourth-order valence-electron chi connectivity index (χ4n) is 7.18. The number of alkyl halides is 6. The van der Waals surface area contributed by atoms with Gasteiger partial charge in [0.25, 0.3) is 0 Å². The number of ketones is 1. The van der Waals surface area contributed by atoms with E-state index < -0.39 is 94.6 Å². The van der Waals surface area contributed by atoms with E-state index in [-0.39, 0.29) is 61.7 Å². The summed E-state index contributed by atoms with van der Waals surface area (Å²) in [5, 5.41) is 9.64. The maximum atomic E-state index is 14.6. The van der Waals surface area contributed by atoms with Crippen LogP contribution in [0.25, 0.3) is 22.0 Å². The third kappa shape index (κ3) is 8.66. The average Bonchev–Trinajstić information content (AvgIpc) is 3.57. The van der Waals surface area contributed by atoms with Crippen LogP contribution in [0.5, 0.6) is 0 Å². The zero-order chi connectivity index (χ0) is 42.9. The minimum absolute atomic E-state index is 0.0226. The Morgan fingerprint density at radius 2 is 1.69 bits per heavy atom. The van der Waals surface area contributed by atoms with E-state index in [0.29, 0.717) is 21.0 Å². The van der Waals surface area contributed by atoms with E-state index in [1.807, 2.05) is 0 Å². The second-order valence-electron chi connectivity index (χ2n) is 14.2. The topological polar surface area (TPSA) is 141 Å². The van der Waals surface area contributed by atoms with Gasteiger partial charge in [-0.15, -0.1) is 0 Å². The minimum atomic E-state index is -4.95. The molecule has 3 atom stereocenters. The van der Waals surface area contributed by atoms with Gasteiger partial charge in [0.15, 0.2) is 17.3 Å². The normalized spacial score (nSPS) is 16.6. The highest BCUT2D eigenvalue weighted by Crippen LogP contribution is 2.58. The zero-order valence-corrected chi connectivity index (χ0v) is 32.1. The summed E-state index contributed by atoms with van der Waals surface area (Å²) in [5.41, 5.74) is -2.23. The van der Waals surface area contributed by atoms with E-state index in [2.05, 4.69) is 43.6 Å². The summed E-state index contributed by atoms with van der Waals surface area (Å²) in [7, 11) is -4.13.